The van der Waals surface area contributed by atoms with E-state index in [1.807, 2.05) is 67.6 Å². The number of fused-ring (bicyclic) bond motifs is 1. The summed E-state index contributed by atoms with van der Waals surface area (Å²) in [6.45, 7) is 2.52. The Hall–Kier alpha value is -2.89. The van der Waals surface area contributed by atoms with E-state index in [1.54, 1.807) is 16.8 Å². The largest absolute Gasteiger partial charge is 0.480 e. The highest BCUT2D eigenvalue weighted by Crippen LogP contribution is 2.33. The quantitative estimate of drug-likeness (QED) is 0.647. The van der Waals surface area contributed by atoms with E-state index in [-0.39, 0.29) is 12.5 Å². The minimum Gasteiger partial charge on any atom is -0.480 e. The van der Waals surface area contributed by atoms with Crippen molar-refractivity contribution in [3.05, 3.63) is 82.4 Å². The molecule has 0 saturated carbocycles. The van der Waals surface area contributed by atoms with Crippen LogP contribution in [0, 0.1) is 6.92 Å². The Labute approximate surface area is 186 Å². The number of halogens is 1. The van der Waals surface area contributed by atoms with Crippen LogP contribution in [0.1, 0.15) is 22.7 Å². The number of rotatable bonds is 5. The Morgan fingerprint density at radius 2 is 1.84 bits per heavy atom. The lowest BCUT2D eigenvalue weighted by Gasteiger charge is -2.44. The Kier molecular flexibility index (Phi) is 5.99. The maximum Gasteiger partial charge on any atom is 0.323 e. The number of nitrogens with zero attached hydrogens (tertiary/aromatic N) is 2. The van der Waals surface area contributed by atoms with Crippen LogP contribution < -0.4 is 0 Å². The Balaban J connectivity index is 1.72. The Morgan fingerprint density at radius 1 is 1.10 bits per heavy atom. The second-order valence-electron chi connectivity index (χ2n) is 8.16. The standard InChI is InChI=1S/C25H25ClN2O3/c1-16-13-21(26)10-9-17(16)11-12-28-22(29)15-27(2)24(25(30)31)23(28)20-8-7-18-5-3-4-6-19(18)14-20/h3-10,13-14,23-24H,11-12,15H2,1-2H3,(H,30,31)/t23-,24+/m1/s1. The van der Waals surface area contributed by atoms with Gasteiger partial charge in [-0.15, -0.1) is 0 Å². The van der Waals surface area contributed by atoms with E-state index in [0.29, 0.717) is 18.0 Å². The lowest BCUT2D eigenvalue weighted by Crippen LogP contribution is -2.59. The summed E-state index contributed by atoms with van der Waals surface area (Å²) < 4.78 is 0. The second-order valence-corrected chi connectivity index (χ2v) is 8.59. The molecule has 1 aliphatic heterocycles. The average Bonchev–Trinajstić information content (AvgIpc) is 2.73. The minimum absolute atomic E-state index is 0.0650. The molecule has 3 aromatic rings. The number of likely N-dealkylation sites (N-methyl/N-ethyl adjacent to an activating group) is 1. The Bertz CT molecular complexity index is 1150. The molecule has 0 radical (unpaired) electrons. The molecule has 4 rings (SSSR count). The smallest absolute Gasteiger partial charge is 0.323 e. The zero-order valence-electron chi connectivity index (χ0n) is 17.6. The highest BCUT2D eigenvalue weighted by molar-refractivity contribution is 6.30. The summed E-state index contributed by atoms with van der Waals surface area (Å²) in [7, 11) is 1.70. The van der Waals surface area contributed by atoms with Crippen LogP contribution in [-0.2, 0) is 16.0 Å². The van der Waals surface area contributed by atoms with Crippen LogP contribution in [0.2, 0.25) is 5.02 Å². The summed E-state index contributed by atoms with van der Waals surface area (Å²) in [6.07, 6.45) is 0.634. The number of hydrogen-bond donors (Lipinski definition) is 1. The predicted octanol–water partition coefficient (Wildman–Crippen LogP) is 4.31. The normalized spacial score (nSPS) is 19.7. The van der Waals surface area contributed by atoms with Crippen LogP contribution >= 0.6 is 11.6 Å². The van der Waals surface area contributed by atoms with Gasteiger partial charge in [0.2, 0.25) is 5.91 Å². The summed E-state index contributed by atoms with van der Waals surface area (Å²) in [5, 5.41) is 12.8. The molecule has 31 heavy (non-hydrogen) atoms. The van der Waals surface area contributed by atoms with E-state index in [0.717, 1.165) is 27.5 Å². The van der Waals surface area contributed by atoms with Gasteiger partial charge in [-0.2, -0.15) is 0 Å². The molecule has 5 nitrogen and oxygen atoms in total. The number of aryl methyl sites for hydroxylation is 1. The molecule has 1 amide bonds. The third kappa shape index (κ3) is 4.29. The minimum atomic E-state index is -0.930. The van der Waals surface area contributed by atoms with E-state index < -0.39 is 18.1 Å². The molecule has 0 bridgehead atoms. The lowest BCUT2D eigenvalue weighted by atomic mass is 9.91. The number of amides is 1. The van der Waals surface area contributed by atoms with Gasteiger partial charge in [-0.1, -0.05) is 54.1 Å². The number of aliphatic carboxylic acids is 1. The van der Waals surface area contributed by atoms with Gasteiger partial charge in [0, 0.05) is 11.6 Å². The van der Waals surface area contributed by atoms with Gasteiger partial charge in [0.1, 0.15) is 6.04 Å². The summed E-state index contributed by atoms with van der Waals surface area (Å²) in [5.41, 5.74) is 2.99. The van der Waals surface area contributed by atoms with Gasteiger partial charge in [0.25, 0.3) is 0 Å². The van der Waals surface area contributed by atoms with Crippen LogP contribution in [0.15, 0.2) is 60.7 Å². The fourth-order valence-corrected chi connectivity index (χ4v) is 4.72. The van der Waals surface area contributed by atoms with Gasteiger partial charge in [-0.05, 0) is 66.1 Å². The zero-order valence-corrected chi connectivity index (χ0v) is 18.3. The van der Waals surface area contributed by atoms with Crippen molar-refractivity contribution in [3.8, 4) is 0 Å². The fourth-order valence-electron chi connectivity index (χ4n) is 4.49. The summed E-state index contributed by atoms with van der Waals surface area (Å²) in [4.78, 5) is 28.7. The molecule has 0 spiro atoms. The molecule has 0 aliphatic carbocycles. The molecule has 1 aliphatic rings. The van der Waals surface area contributed by atoms with Crippen molar-refractivity contribution in [3.63, 3.8) is 0 Å². The second kappa shape index (κ2) is 8.69. The molecule has 6 heteroatoms. The van der Waals surface area contributed by atoms with Crippen LogP contribution in [-0.4, -0.2) is 53.0 Å². The zero-order chi connectivity index (χ0) is 22.1. The third-order valence-electron chi connectivity index (χ3n) is 6.11. The highest BCUT2D eigenvalue weighted by Gasteiger charge is 2.43. The first-order chi connectivity index (χ1) is 14.8. The predicted molar refractivity (Wildman–Crippen MR) is 122 cm³/mol. The van der Waals surface area contributed by atoms with Crippen molar-refractivity contribution >= 4 is 34.2 Å². The molecule has 1 N–H and O–H groups in total. The van der Waals surface area contributed by atoms with Crippen LogP contribution in [0.25, 0.3) is 10.8 Å². The number of piperazine rings is 1. The van der Waals surface area contributed by atoms with E-state index in [2.05, 4.69) is 0 Å². The van der Waals surface area contributed by atoms with Crippen molar-refractivity contribution < 1.29 is 14.7 Å². The van der Waals surface area contributed by atoms with Gasteiger partial charge in [0.15, 0.2) is 0 Å². The van der Waals surface area contributed by atoms with E-state index in [4.69, 9.17) is 11.6 Å². The molecule has 0 aromatic heterocycles. The van der Waals surface area contributed by atoms with Crippen molar-refractivity contribution in [1.82, 2.24) is 9.80 Å². The topological polar surface area (TPSA) is 60.9 Å². The molecule has 1 saturated heterocycles. The van der Waals surface area contributed by atoms with Crippen LogP contribution in [0.3, 0.4) is 0 Å². The number of carboxylic acids is 1. The SMILES string of the molecule is Cc1cc(Cl)ccc1CCN1C(=O)CN(C)[C@H](C(=O)O)[C@H]1c1ccc2ccccc2c1. The first-order valence-electron chi connectivity index (χ1n) is 10.3. The van der Waals surface area contributed by atoms with E-state index in [1.165, 1.54) is 0 Å². The highest BCUT2D eigenvalue weighted by atomic mass is 35.5. The molecule has 160 valence electrons. The molecular formula is C25H25ClN2O3. The molecule has 1 heterocycles. The maximum absolute atomic E-state index is 13.1. The number of hydrogen-bond acceptors (Lipinski definition) is 3. The van der Waals surface area contributed by atoms with Crippen LogP contribution in [0.4, 0.5) is 0 Å². The number of carboxylic acid groups (broad SMARTS) is 1. The van der Waals surface area contributed by atoms with Gasteiger partial charge in [0.05, 0.1) is 12.6 Å². The monoisotopic (exact) mass is 436 g/mol. The summed E-state index contributed by atoms with van der Waals surface area (Å²) in [5.74, 6) is -0.995. The number of carbonyl (C=O) groups excluding carboxylic acids is 1. The molecule has 3 aromatic carbocycles. The number of carbonyl (C=O) groups is 2. The number of benzene rings is 3. The van der Waals surface area contributed by atoms with Gasteiger partial charge in [-0.25, -0.2) is 0 Å². The van der Waals surface area contributed by atoms with E-state index in [9.17, 15) is 14.7 Å². The average molecular weight is 437 g/mol. The fraction of sp³-hybridized carbons (Fsp3) is 0.280. The maximum atomic E-state index is 13.1. The van der Waals surface area contributed by atoms with Gasteiger partial charge >= 0.3 is 5.97 Å². The van der Waals surface area contributed by atoms with E-state index >= 15 is 0 Å². The summed E-state index contributed by atoms with van der Waals surface area (Å²) in [6, 6.07) is 18.2. The van der Waals surface area contributed by atoms with Gasteiger partial charge in [-0.3, -0.25) is 14.5 Å². The van der Waals surface area contributed by atoms with Crippen molar-refractivity contribution in [1.29, 1.82) is 0 Å². The Morgan fingerprint density at radius 3 is 2.55 bits per heavy atom. The van der Waals surface area contributed by atoms with Crippen molar-refractivity contribution in [2.45, 2.75) is 25.4 Å². The molecular weight excluding hydrogens is 412 g/mol. The van der Waals surface area contributed by atoms with Crippen molar-refractivity contribution in [2.24, 2.45) is 0 Å². The molecule has 2 atom stereocenters. The lowest BCUT2D eigenvalue weighted by molar-refractivity contribution is -0.156. The van der Waals surface area contributed by atoms with Crippen LogP contribution in [0.5, 0.6) is 0 Å². The first-order valence-corrected chi connectivity index (χ1v) is 10.7. The molecule has 1 fully saturated rings. The van der Waals surface area contributed by atoms with Gasteiger partial charge < -0.3 is 10.0 Å². The third-order valence-corrected chi connectivity index (χ3v) is 6.34. The first kappa shape index (κ1) is 21.3. The van der Waals surface area contributed by atoms with Crippen molar-refractivity contribution in [2.75, 3.05) is 20.1 Å². The summed E-state index contributed by atoms with van der Waals surface area (Å²) >= 11 is 6.07. The molecule has 0 unspecified atom stereocenters.